The normalized spacial score (nSPS) is 21.4. The minimum atomic E-state index is -0.696. The summed E-state index contributed by atoms with van der Waals surface area (Å²) in [6.07, 6.45) is 0.542. The lowest BCUT2D eigenvalue weighted by atomic mass is 9.90. The molecule has 0 spiro atoms. The summed E-state index contributed by atoms with van der Waals surface area (Å²) in [4.78, 5) is 24.1. The Morgan fingerprint density at radius 2 is 2.29 bits per heavy atom. The van der Waals surface area contributed by atoms with Crippen molar-refractivity contribution in [2.75, 3.05) is 24.6 Å². The number of carbonyl (C=O) groups is 1. The van der Waals surface area contributed by atoms with Gasteiger partial charge in [-0.25, -0.2) is 4.39 Å². The van der Waals surface area contributed by atoms with Crippen LogP contribution >= 0.6 is 0 Å². The molecule has 0 bridgehead atoms. The Hall–Kier alpha value is -2.18. The van der Waals surface area contributed by atoms with E-state index in [1.54, 1.807) is 18.7 Å². The molecule has 0 amide bonds. The number of benzene rings is 1. The Morgan fingerprint density at radius 3 is 2.90 bits per heavy atom. The Kier molecular flexibility index (Phi) is 4.11. The van der Waals surface area contributed by atoms with Gasteiger partial charge in [0.1, 0.15) is 11.5 Å². The van der Waals surface area contributed by atoms with Crippen molar-refractivity contribution >= 4 is 17.3 Å². The number of hydrogen-bond donors (Lipinski definition) is 0. The first kappa shape index (κ1) is 15.2. The summed E-state index contributed by atoms with van der Waals surface area (Å²) in [5, 5.41) is 11.0. The Morgan fingerprint density at radius 1 is 1.57 bits per heavy atom. The van der Waals surface area contributed by atoms with Crippen molar-refractivity contribution in [3.05, 3.63) is 34.1 Å². The number of nitrogens with zero attached hydrogens (tertiary/aromatic N) is 2. The highest BCUT2D eigenvalue weighted by Crippen LogP contribution is 2.38. The Bertz CT molecular complexity index is 578. The second-order valence-corrected chi connectivity index (χ2v) is 5.34. The lowest BCUT2D eigenvalue weighted by Crippen LogP contribution is -2.33. The second-order valence-electron chi connectivity index (χ2n) is 5.34. The molecule has 6 nitrogen and oxygen atoms in total. The highest BCUT2D eigenvalue weighted by Gasteiger charge is 2.43. The first-order chi connectivity index (χ1) is 9.87. The minimum Gasteiger partial charge on any atom is -0.466 e. The first-order valence-electron chi connectivity index (χ1n) is 6.73. The summed E-state index contributed by atoms with van der Waals surface area (Å²) in [6, 6.07) is 3.46. The molecule has 0 saturated carbocycles. The topological polar surface area (TPSA) is 72.7 Å². The maximum atomic E-state index is 13.2. The molecule has 1 aromatic carbocycles. The van der Waals surface area contributed by atoms with E-state index in [2.05, 4.69) is 0 Å². The lowest BCUT2D eigenvalue weighted by molar-refractivity contribution is -0.384. The molecule has 1 unspecified atom stereocenters. The van der Waals surface area contributed by atoms with E-state index < -0.39 is 16.2 Å². The zero-order chi connectivity index (χ0) is 15.6. The monoisotopic (exact) mass is 296 g/mol. The number of anilines is 1. The van der Waals surface area contributed by atoms with Crippen LogP contribution in [-0.4, -0.2) is 30.6 Å². The number of rotatable bonds is 4. The van der Waals surface area contributed by atoms with Gasteiger partial charge in [-0.15, -0.1) is 0 Å². The third-order valence-corrected chi connectivity index (χ3v) is 3.72. The van der Waals surface area contributed by atoms with Crippen LogP contribution in [0.5, 0.6) is 0 Å². The fraction of sp³-hybridized carbons (Fsp3) is 0.500. The molecule has 114 valence electrons. The van der Waals surface area contributed by atoms with Crippen LogP contribution in [0.4, 0.5) is 15.8 Å². The molecular weight excluding hydrogens is 279 g/mol. The molecule has 7 heteroatoms. The first-order valence-corrected chi connectivity index (χ1v) is 6.73. The van der Waals surface area contributed by atoms with Crippen molar-refractivity contribution in [2.45, 2.75) is 20.3 Å². The average Bonchev–Trinajstić information content (AvgIpc) is 2.83. The number of nitro groups is 1. The van der Waals surface area contributed by atoms with Gasteiger partial charge in [0.05, 0.1) is 23.0 Å². The van der Waals surface area contributed by atoms with Crippen LogP contribution < -0.4 is 4.90 Å². The fourth-order valence-corrected chi connectivity index (χ4v) is 2.55. The van der Waals surface area contributed by atoms with E-state index in [0.29, 0.717) is 31.8 Å². The Labute approximate surface area is 121 Å². The van der Waals surface area contributed by atoms with Gasteiger partial charge < -0.3 is 9.64 Å². The largest absolute Gasteiger partial charge is 0.466 e. The molecule has 1 aliphatic heterocycles. The molecular formula is C14H17FN2O4. The molecule has 0 N–H and O–H groups in total. The molecule has 1 atom stereocenters. The third-order valence-electron chi connectivity index (χ3n) is 3.72. The van der Waals surface area contributed by atoms with E-state index in [4.69, 9.17) is 4.74 Å². The molecule has 1 saturated heterocycles. The lowest BCUT2D eigenvalue weighted by Gasteiger charge is -2.23. The van der Waals surface area contributed by atoms with Crippen molar-refractivity contribution in [3.63, 3.8) is 0 Å². The fourth-order valence-electron chi connectivity index (χ4n) is 2.55. The predicted octanol–water partition coefficient (Wildman–Crippen LogP) is 2.51. The summed E-state index contributed by atoms with van der Waals surface area (Å²) >= 11 is 0. The zero-order valence-corrected chi connectivity index (χ0v) is 12.0. The number of halogens is 1. The second kappa shape index (κ2) is 5.67. The van der Waals surface area contributed by atoms with Crippen LogP contribution in [0.3, 0.4) is 0 Å². The third kappa shape index (κ3) is 2.96. The average molecular weight is 296 g/mol. The van der Waals surface area contributed by atoms with E-state index >= 15 is 0 Å². The van der Waals surface area contributed by atoms with Crippen LogP contribution in [-0.2, 0) is 9.53 Å². The van der Waals surface area contributed by atoms with Crippen molar-refractivity contribution < 1.29 is 18.8 Å². The molecule has 1 aliphatic rings. The van der Waals surface area contributed by atoms with Crippen molar-refractivity contribution in [1.82, 2.24) is 0 Å². The van der Waals surface area contributed by atoms with Gasteiger partial charge in [-0.05, 0) is 32.4 Å². The van der Waals surface area contributed by atoms with E-state index in [0.717, 1.165) is 6.07 Å². The van der Waals surface area contributed by atoms with E-state index in [1.807, 2.05) is 0 Å². The number of esters is 1. The van der Waals surface area contributed by atoms with Crippen LogP contribution in [0.15, 0.2) is 18.2 Å². The molecule has 21 heavy (non-hydrogen) atoms. The van der Waals surface area contributed by atoms with Crippen LogP contribution in [0, 0.1) is 21.3 Å². The maximum Gasteiger partial charge on any atom is 0.313 e. The SMILES string of the molecule is CCOC(=O)C1(C)CCN(c2ccc(F)cc2[N+](=O)[O-])C1. The van der Waals surface area contributed by atoms with Gasteiger partial charge >= 0.3 is 5.97 Å². The van der Waals surface area contributed by atoms with Crippen molar-refractivity contribution in [1.29, 1.82) is 0 Å². The molecule has 0 aromatic heterocycles. The van der Waals surface area contributed by atoms with E-state index in [1.165, 1.54) is 12.1 Å². The molecule has 1 fully saturated rings. The van der Waals surface area contributed by atoms with Gasteiger partial charge in [-0.2, -0.15) is 0 Å². The van der Waals surface area contributed by atoms with Gasteiger partial charge in [0.2, 0.25) is 0 Å². The number of ether oxygens (including phenoxy) is 1. The summed E-state index contributed by atoms with van der Waals surface area (Å²) in [5.41, 5.74) is -0.657. The standard InChI is InChI=1S/C14H17FN2O4/c1-3-21-13(18)14(2)6-7-16(9-14)11-5-4-10(15)8-12(11)17(19)20/h4-5,8H,3,6-7,9H2,1-2H3. The molecule has 1 aromatic rings. The Balaban J connectivity index is 2.26. The number of nitro benzene ring substituents is 1. The smallest absolute Gasteiger partial charge is 0.313 e. The predicted molar refractivity (Wildman–Crippen MR) is 74.6 cm³/mol. The summed E-state index contributed by atoms with van der Waals surface area (Å²) in [5.74, 6) is -0.963. The van der Waals surface area contributed by atoms with Gasteiger partial charge in [0, 0.05) is 13.1 Å². The highest BCUT2D eigenvalue weighted by molar-refractivity contribution is 5.79. The molecule has 1 heterocycles. The van der Waals surface area contributed by atoms with E-state index in [9.17, 15) is 19.3 Å². The zero-order valence-electron chi connectivity index (χ0n) is 12.0. The summed E-state index contributed by atoms with van der Waals surface area (Å²) < 4.78 is 18.2. The molecule has 0 radical (unpaired) electrons. The van der Waals surface area contributed by atoms with Gasteiger partial charge in [0.25, 0.3) is 5.69 Å². The number of hydrogen-bond acceptors (Lipinski definition) is 5. The maximum absolute atomic E-state index is 13.2. The van der Waals surface area contributed by atoms with Crippen molar-refractivity contribution in [2.24, 2.45) is 5.41 Å². The summed E-state index contributed by atoms with van der Waals surface area (Å²) in [7, 11) is 0. The van der Waals surface area contributed by atoms with Crippen LogP contribution in [0.2, 0.25) is 0 Å². The van der Waals surface area contributed by atoms with Gasteiger partial charge in [-0.1, -0.05) is 0 Å². The molecule has 2 rings (SSSR count). The van der Waals surface area contributed by atoms with Crippen LogP contribution in [0.1, 0.15) is 20.3 Å². The quantitative estimate of drug-likeness (QED) is 0.485. The minimum absolute atomic E-state index is 0.289. The van der Waals surface area contributed by atoms with Crippen LogP contribution in [0.25, 0.3) is 0 Å². The van der Waals surface area contributed by atoms with Crippen molar-refractivity contribution in [3.8, 4) is 0 Å². The van der Waals surface area contributed by atoms with Gasteiger partial charge in [0.15, 0.2) is 0 Å². The van der Waals surface area contributed by atoms with E-state index in [-0.39, 0.29) is 11.7 Å². The number of carbonyl (C=O) groups excluding carboxylic acids is 1. The summed E-state index contributed by atoms with van der Waals surface area (Å²) in [6.45, 7) is 4.62. The van der Waals surface area contributed by atoms with Gasteiger partial charge in [-0.3, -0.25) is 14.9 Å². The highest BCUT2D eigenvalue weighted by atomic mass is 19.1. The molecule has 0 aliphatic carbocycles.